The normalized spacial score (nSPS) is 12.1. The van der Waals surface area contributed by atoms with Crippen molar-refractivity contribution in [2.75, 3.05) is 7.11 Å². The first-order chi connectivity index (χ1) is 13.0. The van der Waals surface area contributed by atoms with Crippen molar-refractivity contribution in [2.24, 2.45) is 5.41 Å². The quantitative estimate of drug-likeness (QED) is 0.551. The first-order valence-corrected chi connectivity index (χ1v) is 9.85. The Morgan fingerprint density at radius 1 is 1.00 bits per heavy atom. The van der Waals surface area contributed by atoms with Gasteiger partial charge < -0.3 is 14.8 Å². The summed E-state index contributed by atoms with van der Waals surface area (Å²) in [5.41, 5.74) is 2.12. The summed E-state index contributed by atoms with van der Waals surface area (Å²) < 4.78 is 24.5. The molecule has 0 aliphatic carbocycles. The molecule has 1 N–H and O–H groups in total. The van der Waals surface area contributed by atoms with Crippen LogP contribution in [0.3, 0.4) is 0 Å². The minimum Gasteiger partial charge on any atom is -0.493 e. The molecule has 0 spiro atoms. The van der Waals surface area contributed by atoms with Crippen LogP contribution in [-0.4, -0.2) is 12.6 Å². The Kier molecular flexibility index (Phi) is 7.35. The van der Waals surface area contributed by atoms with Gasteiger partial charge >= 0.3 is 0 Å². The lowest BCUT2D eigenvalue weighted by Gasteiger charge is -2.33. The van der Waals surface area contributed by atoms with Gasteiger partial charge in [0.05, 0.1) is 12.1 Å². The van der Waals surface area contributed by atoms with E-state index in [1.165, 1.54) is 12.1 Å². The van der Waals surface area contributed by atoms with Crippen LogP contribution in [0.2, 0.25) is 5.02 Å². The maximum atomic E-state index is 13.2. The van der Waals surface area contributed by atoms with Gasteiger partial charge in [-0.1, -0.05) is 44.5 Å². The first-order valence-electron chi connectivity index (χ1n) is 9.48. The summed E-state index contributed by atoms with van der Waals surface area (Å²) in [6.45, 7) is 12.2. The van der Waals surface area contributed by atoms with Crippen molar-refractivity contribution in [2.45, 2.75) is 59.7 Å². The lowest BCUT2D eigenvalue weighted by atomic mass is 9.82. The average molecular weight is 408 g/mol. The first kappa shape index (κ1) is 22.5. The van der Waals surface area contributed by atoms with Gasteiger partial charge in [0.2, 0.25) is 0 Å². The molecule has 154 valence electrons. The highest BCUT2D eigenvalue weighted by molar-refractivity contribution is 6.31. The van der Waals surface area contributed by atoms with Crippen molar-refractivity contribution < 1.29 is 13.9 Å². The zero-order valence-electron chi connectivity index (χ0n) is 17.7. The van der Waals surface area contributed by atoms with Gasteiger partial charge in [-0.2, -0.15) is 0 Å². The molecule has 0 fully saturated rings. The van der Waals surface area contributed by atoms with E-state index >= 15 is 0 Å². The summed E-state index contributed by atoms with van der Waals surface area (Å²) in [5, 5.41) is 3.97. The lowest BCUT2D eigenvalue weighted by molar-refractivity contribution is 0.240. The Labute approximate surface area is 173 Å². The molecule has 0 radical (unpaired) electrons. The molecular formula is C23H31ClFNO2. The molecule has 5 heteroatoms. The molecule has 28 heavy (non-hydrogen) atoms. The summed E-state index contributed by atoms with van der Waals surface area (Å²) in [6.07, 6.45) is 1.07. The largest absolute Gasteiger partial charge is 0.493 e. The van der Waals surface area contributed by atoms with Crippen LogP contribution in [0.4, 0.5) is 4.39 Å². The van der Waals surface area contributed by atoms with E-state index < -0.39 is 0 Å². The van der Waals surface area contributed by atoms with Gasteiger partial charge in [0.25, 0.3) is 0 Å². The van der Waals surface area contributed by atoms with E-state index in [0.717, 1.165) is 24.1 Å². The van der Waals surface area contributed by atoms with Crippen LogP contribution in [0.1, 0.15) is 52.2 Å². The van der Waals surface area contributed by atoms with Crippen LogP contribution in [0.5, 0.6) is 11.5 Å². The van der Waals surface area contributed by atoms with Crippen LogP contribution in [-0.2, 0) is 13.2 Å². The number of nitrogens with one attached hydrogen (secondary N) is 1. The predicted molar refractivity (Wildman–Crippen MR) is 114 cm³/mol. The molecule has 2 aromatic carbocycles. The molecule has 0 aliphatic rings. The van der Waals surface area contributed by atoms with E-state index in [1.54, 1.807) is 13.2 Å². The van der Waals surface area contributed by atoms with Crippen LogP contribution in [0.25, 0.3) is 0 Å². The number of halogens is 2. The van der Waals surface area contributed by atoms with E-state index in [1.807, 2.05) is 18.2 Å². The van der Waals surface area contributed by atoms with Gasteiger partial charge in [-0.25, -0.2) is 4.39 Å². The molecule has 0 bridgehead atoms. The van der Waals surface area contributed by atoms with Crippen molar-refractivity contribution >= 4 is 11.6 Å². The number of benzene rings is 2. The zero-order chi connectivity index (χ0) is 20.9. The second-order valence-electron chi connectivity index (χ2n) is 8.98. The zero-order valence-corrected chi connectivity index (χ0v) is 18.4. The highest BCUT2D eigenvalue weighted by atomic mass is 35.5. The van der Waals surface area contributed by atoms with Crippen molar-refractivity contribution in [1.29, 1.82) is 0 Å². The monoisotopic (exact) mass is 407 g/mol. The number of hydrogen-bond acceptors (Lipinski definition) is 3. The van der Waals surface area contributed by atoms with E-state index in [9.17, 15) is 4.39 Å². The minimum absolute atomic E-state index is 0.0278. The molecule has 0 unspecified atom stereocenters. The average Bonchev–Trinajstić information content (AvgIpc) is 2.57. The fraction of sp³-hybridized carbons (Fsp3) is 0.478. The summed E-state index contributed by atoms with van der Waals surface area (Å²) in [5.74, 6) is 0.921. The van der Waals surface area contributed by atoms with Crippen LogP contribution in [0, 0.1) is 11.2 Å². The van der Waals surface area contributed by atoms with Gasteiger partial charge in [-0.05, 0) is 55.5 Å². The molecule has 2 aromatic rings. The SMILES string of the molecule is COc1cc(CNC(C)(C)CC(C)(C)C)ccc1OCc1ccc(F)cc1Cl. The van der Waals surface area contributed by atoms with Gasteiger partial charge in [-0.15, -0.1) is 0 Å². The minimum atomic E-state index is -0.363. The van der Waals surface area contributed by atoms with E-state index in [4.69, 9.17) is 21.1 Å². The Hall–Kier alpha value is -1.78. The van der Waals surface area contributed by atoms with Gasteiger partial charge in [0.1, 0.15) is 12.4 Å². The van der Waals surface area contributed by atoms with Crippen molar-refractivity contribution in [3.63, 3.8) is 0 Å². The molecular weight excluding hydrogens is 377 g/mol. The lowest BCUT2D eigenvalue weighted by Crippen LogP contribution is -2.41. The molecule has 0 atom stereocenters. The van der Waals surface area contributed by atoms with Crippen LogP contribution < -0.4 is 14.8 Å². The molecule has 0 aromatic heterocycles. The third-order valence-corrected chi connectivity index (χ3v) is 4.72. The number of hydrogen-bond donors (Lipinski definition) is 1. The Morgan fingerprint density at radius 2 is 1.71 bits per heavy atom. The molecule has 0 heterocycles. The van der Waals surface area contributed by atoms with Gasteiger partial charge in [-0.3, -0.25) is 0 Å². The predicted octanol–water partition coefficient (Wildman–Crippen LogP) is 6.37. The smallest absolute Gasteiger partial charge is 0.161 e. The fourth-order valence-corrected chi connectivity index (χ4v) is 3.69. The van der Waals surface area contributed by atoms with E-state index in [0.29, 0.717) is 16.5 Å². The van der Waals surface area contributed by atoms with Crippen LogP contribution in [0.15, 0.2) is 36.4 Å². The highest BCUT2D eigenvalue weighted by Gasteiger charge is 2.24. The summed E-state index contributed by atoms with van der Waals surface area (Å²) in [7, 11) is 1.62. The van der Waals surface area contributed by atoms with Crippen LogP contribution >= 0.6 is 11.6 Å². The van der Waals surface area contributed by atoms with Crippen molar-refractivity contribution in [3.05, 3.63) is 58.4 Å². The molecule has 3 nitrogen and oxygen atoms in total. The van der Waals surface area contributed by atoms with E-state index in [-0.39, 0.29) is 23.4 Å². The third-order valence-electron chi connectivity index (χ3n) is 4.37. The summed E-state index contributed by atoms with van der Waals surface area (Å²) in [6, 6.07) is 10.2. The van der Waals surface area contributed by atoms with Crippen molar-refractivity contribution in [1.82, 2.24) is 5.32 Å². The standard InChI is InChI=1S/C23H31ClFNO2/c1-22(2,3)15-23(4,5)26-13-16-7-10-20(21(11-16)27-6)28-14-17-8-9-18(25)12-19(17)24/h7-12,26H,13-15H2,1-6H3. The second kappa shape index (κ2) is 9.15. The number of rotatable bonds is 8. The Balaban J connectivity index is 2.03. The topological polar surface area (TPSA) is 30.5 Å². The Bertz CT molecular complexity index is 800. The second-order valence-corrected chi connectivity index (χ2v) is 9.39. The third kappa shape index (κ3) is 6.99. The summed E-state index contributed by atoms with van der Waals surface area (Å²) in [4.78, 5) is 0. The number of methoxy groups -OCH3 is 1. The Morgan fingerprint density at radius 3 is 2.32 bits per heavy atom. The maximum Gasteiger partial charge on any atom is 0.161 e. The van der Waals surface area contributed by atoms with Gasteiger partial charge in [0.15, 0.2) is 11.5 Å². The highest BCUT2D eigenvalue weighted by Crippen LogP contribution is 2.31. The summed E-state index contributed by atoms with van der Waals surface area (Å²) >= 11 is 6.06. The molecule has 0 saturated heterocycles. The molecule has 2 rings (SSSR count). The van der Waals surface area contributed by atoms with E-state index in [2.05, 4.69) is 39.9 Å². The molecule has 0 aliphatic heterocycles. The molecule has 0 saturated carbocycles. The molecule has 0 amide bonds. The van der Waals surface area contributed by atoms with Gasteiger partial charge in [0, 0.05) is 17.6 Å². The fourth-order valence-electron chi connectivity index (χ4n) is 3.47. The van der Waals surface area contributed by atoms with Crippen molar-refractivity contribution in [3.8, 4) is 11.5 Å². The maximum absolute atomic E-state index is 13.2. The number of ether oxygens (including phenoxy) is 2.